The molecule has 1 aliphatic heterocycles. The lowest BCUT2D eigenvalue weighted by molar-refractivity contribution is 0.139. The van der Waals surface area contributed by atoms with Crippen LogP contribution in [0.15, 0.2) is 6.07 Å². The van der Waals surface area contributed by atoms with Crippen molar-refractivity contribution in [1.82, 2.24) is 0 Å². The van der Waals surface area contributed by atoms with E-state index >= 15 is 0 Å². The van der Waals surface area contributed by atoms with E-state index in [-0.39, 0.29) is 5.60 Å². The normalized spacial score (nSPS) is 17.1. The lowest BCUT2D eigenvalue weighted by Crippen LogP contribution is -2.24. The van der Waals surface area contributed by atoms with Crippen molar-refractivity contribution in [2.24, 2.45) is 0 Å². The average molecular weight is 228 g/mol. The standard InChI is InChI=1S/C11H14ClNO2/c1-11(2)5-6-9(12)8(14-3)4-7(13)10(6)15-11/h4H,5,13H2,1-3H3. The largest absolute Gasteiger partial charge is 0.495 e. The highest BCUT2D eigenvalue weighted by Gasteiger charge is 2.34. The second-order valence-corrected chi connectivity index (χ2v) is 4.71. The van der Waals surface area contributed by atoms with Crippen LogP contribution in [-0.2, 0) is 6.42 Å². The topological polar surface area (TPSA) is 44.5 Å². The summed E-state index contributed by atoms with van der Waals surface area (Å²) in [5.41, 5.74) is 7.15. The third-order valence-electron chi connectivity index (χ3n) is 2.50. The summed E-state index contributed by atoms with van der Waals surface area (Å²) in [4.78, 5) is 0. The number of halogens is 1. The third-order valence-corrected chi connectivity index (χ3v) is 2.92. The lowest BCUT2D eigenvalue weighted by Gasteiger charge is -2.17. The molecule has 0 bridgehead atoms. The van der Waals surface area contributed by atoms with Gasteiger partial charge in [-0.3, -0.25) is 0 Å². The molecule has 15 heavy (non-hydrogen) atoms. The Hall–Kier alpha value is -1.09. The molecule has 1 aliphatic rings. The van der Waals surface area contributed by atoms with E-state index in [0.717, 1.165) is 12.0 Å². The van der Waals surface area contributed by atoms with Crippen molar-refractivity contribution >= 4 is 17.3 Å². The van der Waals surface area contributed by atoms with Crippen molar-refractivity contribution in [2.75, 3.05) is 12.8 Å². The average Bonchev–Trinajstić information content (AvgIpc) is 2.48. The first-order valence-electron chi connectivity index (χ1n) is 4.78. The summed E-state index contributed by atoms with van der Waals surface area (Å²) in [7, 11) is 1.58. The summed E-state index contributed by atoms with van der Waals surface area (Å²) in [6.07, 6.45) is 0.753. The number of rotatable bonds is 1. The zero-order chi connectivity index (χ0) is 11.2. The van der Waals surface area contributed by atoms with E-state index in [0.29, 0.717) is 22.2 Å². The van der Waals surface area contributed by atoms with Crippen LogP contribution in [0.3, 0.4) is 0 Å². The van der Waals surface area contributed by atoms with Gasteiger partial charge in [0.25, 0.3) is 0 Å². The fourth-order valence-corrected chi connectivity index (χ4v) is 2.14. The second kappa shape index (κ2) is 3.20. The highest BCUT2D eigenvalue weighted by Crippen LogP contribution is 2.46. The molecule has 0 radical (unpaired) electrons. The van der Waals surface area contributed by atoms with Crippen LogP contribution >= 0.6 is 11.6 Å². The van der Waals surface area contributed by atoms with Gasteiger partial charge in [-0.05, 0) is 13.8 Å². The van der Waals surface area contributed by atoms with Crippen molar-refractivity contribution in [3.8, 4) is 11.5 Å². The van der Waals surface area contributed by atoms with Gasteiger partial charge in [0.2, 0.25) is 0 Å². The van der Waals surface area contributed by atoms with Crippen molar-refractivity contribution in [3.05, 3.63) is 16.7 Å². The van der Waals surface area contributed by atoms with Gasteiger partial charge in [0.1, 0.15) is 17.1 Å². The van der Waals surface area contributed by atoms with Crippen molar-refractivity contribution in [2.45, 2.75) is 25.9 Å². The van der Waals surface area contributed by atoms with Crippen LogP contribution in [-0.4, -0.2) is 12.7 Å². The molecular formula is C11H14ClNO2. The molecule has 0 fully saturated rings. The van der Waals surface area contributed by atoms with Crippen LogP contribution in [0.25, 0.3) is 0 Å². The molecule has 1 heterocycles. The van der Waals surface area contributed by atoms with Gasteiger partial charge in [0.05, 0.1) is 17.8 Å². The molecule has 3 nitrogen and oxygen atoms in total. The van der Waals surface area contributed by atoms with Crippen LogP contribution < -0.4 is 15.2 Å². The Morgan fingerprint density at radius 1 is 1.53 bits per heavy atom. The van der Waals surface area contributed by atoms with Crippen LogP contribution in [0, 0.1) is 0 Å². The molecule has 4 heteroatoms. The molecule has 0 amide bonds. The number of nitrogens with two attached hydrogens (primary N) is 1. The molecule has 1 aromatic carbocycles. The first-order valence-corrected chi connectivity index (χ1v) is 5.16. The number of methoxy groups -OCH3 is 1. The lowest BCUT2D eigenvalue weighted by atomic mass is 10.0. The summed E-state index contributed by atoms with van der Waals surface area (Å²) in [6, 6.07) is 1.70. The van der Waals surface area contributed by atoms with E-state index in [1.54, 1.807) is 13.2 Å². The maximum absolute atomic E-state index is 6.19. The Labute approximate surface area is 94.1 Å². The number of fused-ring (bicyclic) bond motifs is 1. The van der Waals surface area contributed by atoms with Gasteiger partial charge in [-0.1, -0.05) is 11.6 Å². The summed E-state index contributed by atoms with van der Waals surface area (Å²) >= 11 is 6.19. The molecule has 2 N–H and O–H groups in total. The number of hydrogen-bond donors (Lipinski definition) is 1. The molecule has 82 valence electrons. The summed E-state index contributed by atoms with van der Waals surface area (Å²) in [5.74, 6) is 1.31. The molecule has 1 aromatic rings. The number of ether oxygens (including phenoxy) is 2. The molecule has 0 atom stereocenters. The quantitative estimate of drug-likeness (QED) is 0.751. The highest BCUT2D eigenvalue weighted by molar-refractivity contribution is 6.33. The molecule has 0 saturated heterocycles. The van der Waals surface area contributed by atoms with Gasteiger partial charge in [-0.15, -0.1) is 0 Å². The number of anilines is 1. The number of nitrogen functional groups attached to an aromatic ring is 1. The molecule has 2 rings (SSSR count). The zero-order valence-electron chi connectivity index (χ0n) is 9.06. The minimum Gasteiger partial charge on any atom is -0.495 e. The minimum absolute atomic E-state index is 0.244. The van der Waals surface area contributed by atoms with E-state index in [4.69, 9.17) is 26.8 Å². The third kappa shape index (κ3) is 1.61. The predicted molar refractivity (Wildman–Crippen MR) is 60.8 cm³/mol. The van der Waals surface area contributed by atoms with Crippen LogP contribution in [0.5, 0.6) is 11.5 Å². The van der Waals surface area contributed by atoms with Gasteiger partial charge in [0, 0.05) is 18.1 Å². The monoisotopic (exact) mass is 227 g/mol. The molecule has 0 spiro atoms. The van der Waals surface area contributed by atoms with E-state index in [9.17, 15) is 0 Å². The fraction of sp³-hybridized carbons (Fsp3) is 0.455. The zero-order valence-corrected chi connectivity index (χ0v) is 9.81. The summed E-state index contributed by atoms with van der Waals surface area (Å²) in [5, 5.41) is 0.604. The van der Waals surface area contributed by atoms with Crippen LogP contribution in [0.2, 0.25) is 5.02 Å². The van der Waals surface area contributed by atoms with Crippen LogP contribution in [0.1, 0.15) is 19.4 Å². The molecule has 0 unspecified atom stereocenters. The number of hydrogen-bond acceptors (Lipinski definition) is 3. The Morgan fingerprint density at radius 2 is 2.20 bits per heavy atom. The van der Waals surface area contributed by atoms with Crippen molar-refractivity contribution in [1.29, 1.82) is 0 Å². The maximum Gasteiger partial charge on any atom is 0.148 e. The van der Waals surface area contributed by atoms with Crippen molar-refractivity contribution < 1.29 is 9.47 Å². The van der Waals surface area contributed by atoms with Crippen LogP contribution in [0.4, 0.5) is 5.69 Å². The van der Waals surface area contributed by atoms with Gasteiger partial charge in [-0.2, -0.15) is 0 Å². The van der Waals surface area contributed by atoms with E-state index in [1.165, 1.54) is 0 Å². The molecule has 0 aliphatic carbocycles. The Bertz CT molecular complexity index is 416. The Balaban J connectivity index is 2.58. The van der Waals surface area contributed by atoms with Gasteiger partial charge in [-0.25, -0.2) is 0 Å². The van der Waals surface area contributed by atoms with Gasteiger partial charge >= 0.3 is 0 Å². The second-order valence-electron chi connectivity index (χ2n) is 4.33. The van der Waals surface area contributed by atoms with E-state index < -0.39 is 0 Å². The van der Waals surface area contributed by atoms with Gasteiger partial charge < -0.3 is 15.2 Å². The highest BCUT2D eigenvalue weighted by atomic mass is 35.5. The molecule has 0 saturated carbocycles. The Kier molecular flexibility index (Phi) is 2.23. The Morgan fingerprint density at radius 3 is 2.80 bits per heavy atom. The smallest absolute Gasteiger partial charge is 0.148 e. The minimum atomic E-state index is -0.244. The van der Waals surface area contributed by atoms with Gasteiger partial charge in [0.15, 0.2) is 0 Å². The molecule has 0 aromatic heterocycles. The first-order chi connectivity index (χ1) is 6.94. The van der Waals surface area contributed by atoms with Crippen molar-refractivity contribution in [3.63, 3.8) is 0 Å². The molecular weight excluding hydrogens is 214 g/mol. The number of benzene rings is 1. The first kappa shape index (κ1) is 10.4. The maximum atomic E-state index is 6.19. The fourth-order valence-electron chi connectivity index (χ4n) is 1.86. The SMILES string of the molecule is COc1cc(N)c2c(c1Cl)CC(C)(C)O2. The predicted octanol–water partition coefficient (Wildman–Crippen LogP) is 2.64. The summed E-state index contributed by atoms with van der Waals surface area (Å²) < 4.78 is 10.9. The van der Waals surface area contributed by atoms with E-state index in [1.807, 2.05) is 13.8 Å². The van der Waals surface area contributed by atoms with E-state index in [2.05, 4.69) is 0 Å². The summed E-state index contributed by atoms with van der Waals surface area (Å²) in [6.45, 7) is 4.02.